The molecule has 3 aromatic rings. The highest BCUT2D eigenvalue weighted by atomic mass is 19.1. The molecule has 0 amide bonds. The summed E-state index contributed by atoms with van der Waals surface area (Å²) in [5.74, 6) is 1.37. The van der Waals surface area contributed by atoms with E-state index in [1.807, 2.05) is 19.1 Å². The van der Waals surface area contributed by atoms with Gasteiger partial charge in [-0.15, -0.1) is 0 Å². The average molecular weight is 271 g/mol. The first kappa shape index (κ1) is 12.5. The number of anilines is 1. The van der Waals surface area contributed by atoms with Crippen LogP contribution in [0.4, 0.5) is 10.1 Å². The number of aromatic amines is 1. The highest BCUT2D eigenvalue weighted by Crippen LogP contribution is 2.24. The van der Waals surface area contributed by atoms with Crippen molar-refractivity contribution in [3.8, 4) is 11.5 Å². The van der Waals surface area contributed by atoms with E-state index in [0.29, 0.717) is 6.54 Å². The molecule has 0 unspecified atom stereocenters. The topological polar surface area (TPSA) is 53.9 Å². The second-order valence-electron chi connectivity index (χ2n) is 4.54. The van der Waals surface area contributed by atoms with Gasteiger partial charge in [0, 0.05) is 17.8 Å². The number of rotatable bonds is 4. The number of furan rings is 1. The Morgan fingerprint density at radius 3 is 2.70 bits per heavy atom. The molecule has 0 atom stereocenters. The Morgan fingerprint density at radius 2 is 2.00 bits per heavy atom. The maximum absolute atomic E-state index is 12.8. The van der Waals surface area contributed by atoms with E-state index in [1.54, 1.807) is 18.3 Å². The van der Waals surface area contributed by atoms with Crippen LogP contribution in [0, 0.1) is 12.7 Å². The SMILES string of the molecule is Cc1ccc(-c2[nH]ncc2CNc2ccc(F)cc2)o1. The third kappa shape index (κ3) is 2.56. The molecule has 0 bridgehead atoms. The zero-order valence-corrected chi connectivity index (χ0v) is 11.0. The molecule has 0 radical (unpaired) electrons. The number of hydrogen-bond acceptors (Lipinski definition) is 3. The fourth-order valence-corrected chi connectivity index (χ4v) is 1.99. The van der Waals surface area contributed by atoms with Crippen molar-refractivity contribution in [1.82, 2.24) is 10.2 Å². The number of aryl methyl sites for hydroxylation is 1. The van der Waals surface area contributed by atoms with Crippen molar-refractivity contribution in [3.63, 3.8) is 0 Å². The van der Waals surface area contributed by atoms with Gasteiger partial charge in [-0.1, -0.05) is 0 Å². The highest BCUT2D eigenvalue weighted by molar-refractivity contribution is 5.57. The molecule has 0 aliphatic heterocycles. The zero-order valence-electron chi connectivity index (χ0n) is 11.0. The summed E-state index contributed by atoms with van der Waals surface area (Å²) in [6, 6.07) is 10.1. The number of halogens is 1. The summed E-state index contributed by atoms with van der Waals surface area (Å²) in [5.41, 5.74) is 2.70. The molecule has 20 heavy (non-hydrogen) atoms. The third-order valence-electron chi connectivity index (χ3n) is 3.03. The standard InChI is InChI=1S/C15H14FN3O/c1-10-2-7-14(20-10)15-11(9-18-19-15)8-17-13-5-3-12(16)4-6-13/h2-7,9,17H,8H2,1H3,(H,18,19). The van der Waals surface area contributed by atoms with Gasteiger partial charge in [-0.2, -0.15) is 5.10 Å². The molecular weight excluding hydrogens is 257 g/mol. The van der Waals surface area contributed by atoms with Crippen molar-refractivity contribution >= 4 is 5.69 Å². The van der Waals surface area contributed by atoms with E-state index < -0.39 is 0 Å². The largest absolute Gasteiger partial charge is 0.460 e. The quantitative estimate of drug-likeness (QED) is 0.760. The maximum Gasteiger partial charge on any atom is 0.152 e. The first-order valence-electron chi connectivity index (χ1n) is 6.31. The van der Waals surface area contributed by atoms with Crippen LogP contribution in [0.15, 0.2) is 47.0 Å². The van der Waals surface area contributed by atoms with Crippen LogP contribution in [0.2, 0.25) is 0 Å². The fourth-order valence-electron chi connectivity index (χ4n) is 1.99. The van der Waals surface area contributed by atoms with Crippen LogP contribution in [-0.4, -0.2) is 10.2 Å². The molecular formula is C15H14FN3O. The number of benzene rings is 1. The Bertz CT molecular complexity index is 700. The lowest BCUT2D eigenvalue weighted by Crippen LogP contribution is -1.99. The van der Waals surface area contributed by atoms with E-state index in [-0.39, 0.29) is 5.82 Å². The molecule has 2 aromatic heterocycles. The van der Waals surface area contributed by atoms with Crippen molar-refractivity contribution in [2.24, 2.45) is 0 Å². The smallest absolute Gasteiger partial charge is 0.152 e. The Kier molecular flexibility index (Phi) is 3.25. The van der Waals surface area contributed by atoms with E-state index >= 15 is 0 Å². The zero-order chi connectivity index (χ0) is 13.9. The molecule has 1 aromatic carbocycles. The van der Waals surface area contributed by atoms with E-state index in [9.17, 15) is 4.39 Å². The molecule has 3 rings (SSSR count). The van der Waals surface area contributed by atoms with Gasteiger partial charge in [0.05, 0.1) is 6.20 Å². The van der Waals surface area contributed by atoms with Gasteiger partial charge >= 0.3 is 0 Å². The number of hydrogen-bond donors (Lipinski definition) is 2. The van der Waals surface area contributed by atoms with Crippen LogP contribution in [0.25, 0.3) is 11.5 Å². The summed E-state index contributed by atoms with van der Waals surface area (Å²) in [6.07, 6.45) is 1.75. The number of nitrogens with one attached hydrogen (secondary N) is 2. The van der Waals surface area contributed by atoms with Crippen LogP contribution >= 0.6 is 0 Å². The van der Waals surface area contributed by atoms with Gasteiger partial charge < -0.3 is 9.73 Å². The van der Waals surface area contributed by atoms with Crippen LogP contribution in [0.1, 0.15) is 11.3 Å². The van der Waals surface area contributed by atoms with Gasteiger partial charge in [0.25, 0.3) is 0 Å². The second kappa shape index (κ2) is 5.21. The first-order valence-corrected chi connectivity index (χ1v) is 6.31. The number of nitrogens with zero attached hydrogens (tertiary/aromatic N) is 1. The summed E-state index contributed by atoms with van der Waals surface area (Å²) in [4.78, 5) is 0. The molecule has 0 spiro atoms. The molecule has 0 saturated heterocycles. The van der Waals surface area contributed by atoms with Crippen molar-refractivity contribution in [2.45, 2.75) is 13.5 Å². The molecule has 0 saturated carbocycles. The monoisotopic (exact) mass is 271 g/mol. The molecule has 0 aliphatic rings. The number of aromatic nitrogens is 2. The van der Waals surface area contributed by atoms with Crippen LogP contribution in [0.5, 0.6) is 0 Å². The lowest BCUT2D eigenvalue weighted by molar-refractivity contribution is 0.545. The Balaban J connectivity index is 1.75. The molecule has 4 nitrogen and oxygen atoms in total. The minimum atomic E-state index is -0.245. The van der Waals surface area contributed by atoms with Gasteiger partial charge in [0.15, 0.2) is 5.76 Å². The molecule has 0 aliphatic carbocycles. The minimum Gasteiger partial charge on any atom is -0.460 e. The van der Waals surface area contributed by atoms with Crippen LogP contribution in [-0.2, 0) is 6.54 Å². The lowest BCUT2D eigenvalue weighted by atomic mass is 10.2. The Labute approximate surface area is 115 Å². The predicted octanol–water partition coefficient (Wildman–Crippen LogP) is 3.73. The highest BCUT2D eigenvalue weighted by Gasteiger charge is 2.10. The van der Waals surface area contributed by atoms with E-state index in [1.165, 1.54) is 12.1 Å². The van der Waals surface area contributed by atoms with E-state index in [2.05, 4.69) is 15.5 Å². The van der Waals surface area contributed by atoms with Gasteiger partial charge in [-0.05, 0) is 43.3 Å². The average Bonchev–Trinajstić information content (AvgIpc) is 3.06. The summed E-state index contributed by atoms with van der Waals surface area (Å²) in [5, 5.41) is 10.2. The normalized spacial score (nSPS) is 10.7. The van der Waals surface area contributed by atoms with Crippen molar-refractivity contribution in [1.29, 1.82) is 0 Å². The molecule has 5 heteroatoms. The minimum absolute atomic E-state index is 0.245. The van der Waals surface area contributed by atoms with Gasteiger partial charge in [-0.25, -0.2) is 4.39 Å². The second-order valence-corrected chi connectivity index (χ2v) is 4.54. The van der Waals surface area contributed by atoms with E-state index in [4.69, 9.17) is 4.42 Å². The number of H-pyrrole nitrogens is 1. The predicted molar refractivity (Wildman–Crippen MR) is 74.8 cm³/mol. The molecule has 2 N–H and O–H groups in total. The Morgan fingerprint density at radius 1 is 1.20 bits per heavy atom. The van der Waals surface area contributed by atoms with Crippen LogP contribution < -0.4 is 5.32 Å². The summed E-state index contributed by atoms with van der Waals surface area (Å²) in [7, 11) is 0. The van der Waals surface area contributed by atoms with Gasteiger partial charge in [0.2, 0.25) is 0 Å². The van der Waals surface area contributed by atoms with Crippen molar-refractivity contribution < 1.29 is 8.81 Å². The van der Waals surface area contributed by atoms with E-state index in [0.717, 1.165) is 28.5 Å². The summed E-state index contributed by atoms with van der Waals surface area (Å²) >= 11 is 0. The molecule has 2 heterocycles. The third-order valence-corrected chi connectivity index (χ3v) is 3.03. The molecule has 0 fully saturated rings. The van der Waals surface area contributed by atoms with Gasteiger partial charge in [0.1, 0.15) is 17.3 Å². The summed E-state index contributed by atoms with van der Waals surface area (Å²) < 4.78 is 18.4. The fraction of sp³-hybridized carbons (Fsp3) is 0.133. The first-order chi connectivity index (χ1) is 9.72. The lowest BCUT2D eigenvalue weighted by Gasteiger charge is -2.06. The van der Waals surface area contributed by atoms with Gasteiger partial charge in [-0.3, -0.25) is 5.10 Å². The molecule has 102 valence electrons. The Hall–Kier alpha value is -2.56. The summed E-state index contributed by atoms with van der Waals surface area (Å²) in [6.45, 7) is 2.48. The maximum atomic E-state index is 12.8. The van der Waals surface area contributed by atoms with Crippen molar-refractivity contribution in [2.75, 3.05) is 5.32 Å². The van der Waals surface area contributed by atoms with Crippen molar-refractivity contribution in [3.05, 3.63) is 59.7 Å². The van der Waals surface area contributed by atoms with Crippen LogP contribution in [0.3, 0.4) is 0 Å².